The van der Waals surface area contributed by atoms with Crippen LogP contribution in [0.15, 0.2) is 34.7 Å². The van der Waals surface area contributed by atoms with E-state index in [1.54, 1.807) is 7.05 Å². The minimum Gasteiger partial charge on any atom is -0.481 e. The molecule has 0 saturated heterocycles. The van der Waals surface area contributed by atoms with Gasteiger partial charge in [0.2, 0.25) is 17.0 Å². The van der Waals surface area contributed by atoms with Gasteiger partial charge in [-0.15, -0.1) is 0 Å². The minimum absolute atomic E-state index is 0.0851. The third-order valence-electron chi connectivity index (χ3n) is 6.43. The molecule has 1 fully saturated rings. The third-order valence-corrected chi connectivity index (χ3v) is 7.18. The van der Waals surface area contributed by atoms with Gasteiger partial charge in [-0.25, -0.2) is 9.19 Å². The number of carbonyl (C=O) groups is 2. The molecule has 0 spiro atoms. The van der Waals surface area contributed by atoms with Gasteiger partial charge >= 0.3 is 5.97 Å². The Morgan fingerprint density at radius 1 is 1.19 bits per heavy atom. The molecule has 36 heavy (non-hydrogen) atoms. The number of fused-ring (bicyclic) bond motifs is 1. The third kappa shape index (κ3) is 6.00. The number of amides is 1. The topological polar surface area (TPSA) is 133 Å². The predicted molar refractivity (Wildman–Crippen MR) is 137 cm³/mol. The fraction of sp³-hybridized carbons (Fsp3) is 0.423. The Bertz CT molecular complexity index is 1280. The SMILES string of the molecule is CNC(=O)c1c(-c2ccc(C)cc2)oc2nc(CN(CCCCCC(=O)O)S(=O)O)c(C3CC3)cc12. The van der Waals surface area contributed by atoms with Crippen LogP contribution in [0.4, 0.5) is 0 Å². The Kier molecular flexibility index (Phi) is 8.17. The first-order valence-corrected chi connectivity index (χ1v) is 13.2. The number of rotatable bonds is 12. The molecule has 2 aromatic heterocycles. The molecule has 1 atom stereocenters. The first-order chi connectivity index (χ1) is 17.3. The van der Waals surface area contributed by atoms with Crippen LogP contribution in [-0.2, 0) is 22.6 Å². The quantitative estimate of drug-likeness (QED) is 0.238. The number of unbranched alkanes of at least 4 members (excludes halogenated alkanes) is 2. The van der Waals surface area contributed by atoms with Gasteiger partial charge in [-0.1, -0.05) is 36.2 Å². The summed E-state index contributed by atoms with van der Waals surface area (Å²) in [6.07, 6.45) is 3.84. The van der Waals surface area contributed by atoms with Crippen LogP contribution >= 0.6 is 0 Å². The van der Waals surface area contributed by atoms with E-state index in [0.29, 0.717) is 53.9 Å². The van der Waals surface area contributed by atoms with Gasteiger partial charge in [0.15, 0.2) is 0 Å². The zero-order valence-corrected chi connectivity index (χ0v) is 21.3. The van der Waals surface area contributed by atoms with Crippen molar-refractivity contribution < 1.29 is 27.9 Å². The van der Waals surface area contributed by atoms with Crippen LogP contribution in [0.3, 0.4) is 0 Å². The predicted octanol–water partition coefficient (Wildman–Crippen LogP) is 4.62. The van der Waals surface area contributed by atoms with Gasteiger partial charge in [0.1, 0.15) is 5.76 Å². The van der Waals surface area contributed by atoms with Crippen molar-refractivity contribution in [2.75, 3.05) is 13.6 Å². The molecule has 4 rings (SSSR count). The number of pyridine rings is 1. The molecule has 1 saturated carbocycles. The summed E-state index contributed by atoms with van der Waals surface area (Å²) in [5, 5.41) is 12.1. The van der Waals surface area contributed by atoms with Crippen LogP contribution in [0.2, 0.25) is 0 Å². The van der Waals surface area contributed by atoms with Crippen LogP contribution < -0.4 is 5.32 Å². The van der Waals surface area contributed by atoms with Gasteiger partial charge in [-0.3, -0.25) is 14.1 Å². The summed E-state index contributed by atoms with van der Waals surface area (Å²) in [7, 11) is 1.58. The molecule has 1 aromatic carbocycles. The van der Waals surface area contributed by atoms with Gasteiger partial charge < -0.3 is 14.8 Å². The standard InChI is InChI=1S/C26H31N3O6S/c1-16-7-9-18(10-8-16)24-23(25(32)27-2)20-14-19(17-11-12-17)21(28-26(20)35-24)15-29(36(33)34)13-5-3-4-6-22(30)31/h7-10,14,17H,3-6,11-13,15H2,1-2H3,(H,27,32)(H,30,31)(H,33,34). The summed E-state index contributed by atoms with van der Waals surface area (Å²) in [6.45, 7) is 2.48. The van der Waals surface area contributed by atoms with Crippen LogP contribution in [0.25, 0.3) is 22.4 Å². The van der Waals surface area contributed by atoms with Crippen LogP contribution in [0, 0.1) is 6.92 Å². The van der Waals surface area contributed by atoms with E-state index in [2.05, 4.69) is 5.32 Å². The van der Waals surface area contributed by atoms with Crippen molar-refractivity contribution in [3.05, 3.63) is 52.7 Å². The smallest absolute Gasteiger partial charge is 0.303 e. The number of hydrogen-bond acceptors (Lipinski definition) is 5. The van der Waals surface area contributed by atoms with E-state index in [1.165, 1.54) is 4.31 Å². The number of nitrogens with one attached hydrogen (secondary N) is 1. The van der Waals surface area contributed by atoms with E-state index < -0.39 is 17.2 Å². The lowest BCUT2D eigenvalue weighted by molar-refractivity contribution is -0.137. The first kappa shape index (κ1) is 26.0. The summed E-state index contributed by atoms with van der Waals surface area (Å²) >= 11 is -2.21. The maximum Gasteiger partial charge on any atom is 0.303 e. The second-order valence-corrected chi connectivity index (χ2v) is 10.2. The first-order valence-electron chi connectivity index (χ1n) is 12.1. The van der Waals surface area contributed by atoms with Crippen LogP contribution in [0.5, 0.6) is 0 Å². The maximum absolute atomic E-state index is 12.9. The van der Waals surface area contributed by atoms with Crippen molar-refractivity contribution in [2.24, 2.45) is 0 Å². The monoisotopic (exact) mass is 513 g/mol. The molecule has 1 unspecified atom stereocenters. The summed E-state index contributed by atoms with van der Waals surface area (Å²) in [6, 6.07) is 9.67. The molecular weight excluding hydrogens is 482 g/mol. The molecule has 1 amide bonds. The Hall–Kier alpha value is -3.08. The van der Waals surface area contributed by atoms with Gasteiger partial charge in [0, 0.05) is 25.6 Å². The fourth-order valence-corrected chi connectivity index (χ4v) is 4.85. The molecular formula is C26H31N3O6S. The Morgan fingerprint density at radius 3 is 2.53 bits per heavy atom. The number of furan rings is 1. The van der Waals surface area contributed by atoms with Crippen LogP contribution in [-0.4, -0.2) is 48.6 Å². The normalized spacial score (nSPS) is 14.3. The second-order valence-electron chi connectivity index (χ2n) is 9.20. The Labute approximate surface area is 212 Å². The lowest BCUT2D eigenvalue weighted by Crippen LogP contribution is -2.27. The summed E-state index contributed by atoms with van der Waals surface area (Å²) in [5.41, 5.74) is 4.22. The summed E-state index contributed by atoms with van der Waals surface area (Å²) in [5.74, 6) is -0.378. The molecule has 0 bridgehead atoms. The van der Waals surface area contributed by atoms with E-state index >= 15 is 0 Å². The lowest BCUT2D eigenvalue weighted by Gasteiger charge is -2.19. The van der Waals surface area contributed by atoms with Crippen molar-refractivity contribution in [3.8, 4) is 11.3 Å². The minimum atomic E-state index is -2.21. The Morgan fingerprint density at radius 2 is 1.92 bits per heavy atom. The zero-order valence-electron chi connectivity index (χ0n) is 20.5. The van der Waals surface area contributed by atoms with Crippen LogP contribution in [0.1, 0.15) is 71.6 Å². The largest absolute Gasteiger partial charge is 0.481 e. The van der Waals surface area contributed by atoms with E-state index in [0.717, 1.165) is 29.5 Å². The molecule has 10 heteroatoms. The molecule has 3 aromatic rings. The van der Waals surface area contributed by atoms with E-state index in [4.69, 9.17) is 14.5 Å². The average molecular weight is 514 g/mol. The molecule has 0 aliphatic heterocycles. The second kappa shape index (κ2) is 11.3. The number of carboxylic acids is 1. The van der Waals surface area contributed by atoms with Crippen molar-refractivity contribution in [1.82, 2.24) is 14.6 Å². The highest BCUT2D eigenvalue weighted by molar-refractivity contribution is 7.76. The molecule has 9 nitrogen and oxygen atoms in total. The molecule has 2 heterocycles. The number of nitrogens with zero attached hydrogens (tertiary/aromatic N) is 2. The fourth-order valence-electron chi connectivity index (χ4n) is 4.33. The maximum atomic E-state index is 12.9. The van der Waals surface area contributed by atoms with Crippen molar-refractivity contribution in [1.29, 1.82) is 0 Å². The average Bonchev–Trinajstić information content (AvgIpc) is 3.62. The zero-order chi connectivity index (χ0) is 25.8. The number of hydrogen-bond donors (Lipinski definition) is 3. The number of aromatic nitrogens is 1. The highest BCUT2D eigenvalue weighted by Gasteiger charge is 2.31. The van der Waals surface area contributed by atoms with Gasteiger partial charge in [0.25, 0.3) is 5.91 Å². The molecule has 1 aliphatic rings. The van der Waals surface area contributed by atoms with E-state index in [-0.39, 0.29) is 24.8 Å². The van der Waals surface area contributed by atoms with Crippen molar-refractivity contribution in [3.63, 3.8) is 0 Å². The summed E-state index contributed by atoms with van der Waals surface area (Å²) < 4.78 is 29.5. The molecule has 1 aliphatic carbocycles. The number of benzene rings is 1. The van der Waals surface area contributed by atoms with Gasteiger partial charge in [-0.2, -0.15) is 4.31 Å². The molecule has 192 valence electrons. The number of aliphatic carboxylic acids is 1. The number of carbonyl (C=O) groups excluding carboxylic acids is 1. The molecule has 3 N–H and O–H groups in total. The van der Waals surface area contributed by atoms with Gasteiger partial charge in [0.05, 0.1) is 23.2 Å². The van der Waals surface area contributed by atoms with E-state index in [1.807, 2.05) is 37.3 Å². The highest BCUT2D eigenvalue weighted by Crippen LogP contribution is 2.44. The van der Waals surface area contributed by atoms with Gasteiger partial charge in [-0.05, 0) is 50.2 Å². The summed E-state index contributed by atoms with van der Waals surface area (Å²) in [4.78, 5) is 28.4. The molecule has 0 radical (unpaired) electrons. The lowest BCUT2D eigenvalue weighted by atomic mass is 10.0. The van der Waals surface area contributed by atoms with E-state index in [9.17, 15) is 18.4 Å². The number of carboxylic acid groups (broad SMARTS) is 1. The number of aryl methyl sites for hydroxylation is 1. The Balaban J connectivity index is 1.68. The van der Waals surface area contributed by atoms with Crippen molar-refractivity contribution >= 4 is 34.2 Å². The highest BCUT2D eigenvalue weighted by atomic mass is 32.2. The van der Waals surface area contributed by atoms with Crippen molar-refractivity contribution in [2.45, 2.75) is 57.9 Å².